The van der Waals surface area contributed by atoms with Crippen molar-refractivity contribution in [2.24, 2.45) is 0 Å². The molecule has 11 nitrogen and oxygen atoms in total. The quantitative estimate of drug-likeness (QED) is 0.222. The number of rotatable bonds is 13. The van der Waals surface area contributed by atoms with Crippen LogP contribution in [0.3, 0.4) is 0 Å². The normalized spacial score (nSPS) is 11.2. The van der Waals surface area contributed by atoms with Crippen LogP contribution in [-0.4, -0.2) is 54.9 Å². The van der Waals surface area contributed by atoms with Gasteiger partial charge in [0.15, 0.2) is 11.5 Å². The van der Waals surface area contributed by atoms with Crippen molar-refractivity contribution in [2.75, 3.05) is 11.9 Å². The highest BCUT2D eigenvalue weighted by atomic mass is 19.4. The minimum atomic E-state index is -4.79. The van der Waals surface area contributed by atoms with Crippen LogP contribution in [0.15, 0.2) is 60.9 Å². The van der Waals surface area contributed by atoms with Crippen molar-refractivity contribution in [3.05, 3.63) is 78.0 Å². The molecule has 0 saturated carbocycles. The highest BCUT2D eigenvalue weighted by molar-refractivity contribution is 5.92. The molecular formula is C28H29F3N8O3. The van der Waals surface area contributed by atoms with Crippen molar-refractivity contribution in [1.29, 1.82) is 0 Å². The van der Waals surface area contributed by atoms with Crippen LogP contribution in [0.4, 0.5) is 19.0 Å². The van der Waals surface area contributed by atoms with Gasteiger partial charge in [-0.15, -0.1) is 23.4 Å². The van der Waals surface area contributed by atoms with Crippen LogP contribution in [0, 0.1) is 0 Å². The number of carbonyl (C=O) groups is 2. The molecule has 4 aromatic rings. The average molecular weight is 583 g/mol. The van der Waals surface area contributed by atoms with Gasteiger partial charge in [-0.3, -0.25) is 19.3 Å². The zero-order valence-electron chi connectivity index (χ0n) is 22.8. The summed E-state index contributed by atoms with van der Waals surface area (Å²) in [7, 11) is 0. The number of aryl methyl sites for hydroxylation is 2. The Morgan fingerprint density at radius 2 is 1.81 bits per heavy atom. The lowest BCUT2D eigenvalue weighted by Gasteiger charge is -2.10. The first-order chi connectivity index (χ1) is 20.2. The van der Waals surface area contributed by atoms with E-state index in [0.717, 1.165) is 25.0 Å². The summed E-state index contributed by atoms with van der Waals surface area (Å²) in [5, 5.41) is 21.6. The van der Waals surface area contributed by atoms with Crippen molar-refractivity contribution >= 4 is 17.6 Å². The molecule has 0 bridgehead atoms. The molecule has 42 heavy (non-hydrogen) atoms. The number of ether oxygens (including phenoxy) is 1. The first-order valence-corrected chi connectivity index (χ1v) is 13.3. The molecule has 0 aliphatic carbocycles. The van der Waals surface area contributed by atoms with Gasteiger partial charge in [0.1, 0.15) is 5.75 Å². The van der Waals surface area contributed by atoms with E-state index in [2.05, 4.69) is 40.9 Å². The van der Waals surface area contributed by atoms with Crippen molar-refractivity contribution in [2.45, 2.75) is 51.9 Å². The van der Waals surface area contributed by atoms with Gasteiger partial charge in [0.25, 0.3) is 5.91 Å². The maximum atomic E-state index is 12.6. The number of amides is 2. The maximum Gasteiger partial charge on any atom is 0.573 e. The molecule has 0 saturated heterocycles. The molecule has 0 radical (unpaired) electrons. The Kier molecular flexibility index (Phi) is 10.1. The van der Waals surface area contributed by atoms with Crippen LogP contribution in [0.25, 0.3) is 11.1 Å². The summed E-state index contributed by atoms with van der Waals surface area (Å²) in [4.78, 5) is 28.7. The molecule has 0 spiro atoms. The van der Waals surface area contributed by atoms with Gasteiger partial charge in [0, 0.05) is 19.3 Å². The Morgan fingerprint density at radius 1 is 0.976 bits per heavy atom. The zero-order valence-corrected chi connectivity index (χ0v) is 22.8. The van der Waals surface area contributed by atoms with Crippen LogP contribution in [0.5, 0.6) is 5.75 Å². The number of hydrogen-bond donors (Lipinski definition) is 2. The summed E-state index contributed by atoms with van der Waals surface area (Å²) in [6.45, 7) is 3.17. The molecule has 2 amide bonds. The summed E-state index contributed by atoms with van der Waals surface area (Å²) in [5.74, 6) is -0.658. The van der Waals surface area contributed by atoms with E-state index in [1.54, 1.807) is 41.2 Å². The number of halogens is 3. The Bertz CT molecular complexity index is 1490. The lowest BCUT2D eigenvalue weighted by Crippen LogP contribution is -2.24. The Hall–Kier alpha value is -4.88. The smallest absolute Gasteiger partial charge is 0.406 e. The van der Waals surface area contributed by atoms with E-state index in [1.807, 2.05) is 6.92 Å². The number of benzene rings is 1. The molecule has 3 heterocycles. The second-order valence-corrected chi connectivity index (χ2v) is 9.33. The number of alkyl halides is 3. The Labute approximate surface area is 239 Å². The second-order valence-electron chi connectivity index (χ2n) is 9.33. The van der Waals surface area contributed by atoms with Gasteiger partial charge in [0.2, 0.25) is 5.91 Å². The van der Waals surface area contributed by atoms with Gasteiger partial charge in [-0.2, -0.15) is 5.10 Å². The van der Waals surface area contributed by atoms with Crippen LogP contribution in [-0.2, 0) is 24.2 Å². The lowest BCUT2D eigenvalue weighted by molar-refractivity contribution is -0.274. The Morgan fingerprint density at radius 3 is 2.57 bits per heavy atom. The summed E-state index contributed by atoms with van der Waals surface area (Å²) >= 11 is 0. The van der Waals surface area contributed by atoms with Crippen molar-refractivity contribution < 1.29 is 27.5 Å². The lowest BCUT2D eigenvalue weighted by atomic mass is 10.1. The van der Waals surface area contributed by atoms with E-state index in [0.29, 0.717) is 42.0 Å². The van der Waals surface area contributed by atoms with E-state index >= 15 is 0 Å². The molecule has 220 valence electrons. The summed E-state index contributed by atoms with van der Waals surface area (Å²) in [6.07, 6.45) is 1.37. The number of nitrogens with zero attached hydrogens (tertiary/aromatic N) is 6. The molecule has 0 atom stereocenters. The SMILES string of the molecule is CCCNC(=O)c1cn(CCCCc2ccc(NC(=O)Cc3cc(-c4cccc(OC(F)(F)F)c4)ccn3)nn2)nn1. The summed E-state index contributed by atoms with van der Waals surface area (Å²) < 4.78 is 43.3. The molecule has 4 rings (SSSR count). The van der Waals surface area contributed by atoms with Gasteiger partial charge in [-0.25, -0.2) is 0 Å². The number of unbranched alkanes of at least 4 members (excludes halogenated alkanes) is 1. The largest absolute Gasteiger partial charge is 0.573 e. The third kappa shape index (κ3) is 9.35. The minimum absolute atomic E-state index is 0.0692. The number of pyridine rings is 1. The van der Waals surface area contributed by atoms with E-state index < -0.39 is 6.36 Å². The third-order valence-corrected chi connectivity index (χ3v) is 5.92. The van der Waals surface area contributed by atoms with Gasteiger partial charge in [0.05, 0.1) is 24.0 Å². The van der Waals surface area contributed by atoms with E-state index in [-0.39, 0.29) is 29.8 Å². The van der Waals surface area contributed by atoms with Crippen molar-refractivity contribution in [3.8, 4) is 16.9 Å². The third-order valence-electron chi connectivity index (χ3n) is 5.92. The molecule has 3 aromatic heterocycles. The molecule has 14 heteroatoms. The maximum absolute atomic E-state index is 12.6. The second kappa shape index (κ2) is 14.1. The summed E-state index contributed by atoms with van der Waals surface area (Å²) in [6, 6.07) is 12.3. The van der Waals surface area contributed by atoms with E-state index in [1.165, 1.54) is 24.4 Å². The highest BCUT2D eigenvalue weighted by Crippen LogP contribution is 2.28. The fraction of sp³-hybridized carbons (Fsp3) is 0.321. The standard InChI is InChI=1S/C28H29F3N8O3/c1-2-12-33-27(41)24-18-39(38-36-24)14-4-3-7-21-9-10-25(37-35-21)34-26(40)17-22-15-20(11-13-32-22)19-6-5-8-23(16-19)42-28(29,30)31/h5-6,8-11,13,15-16,18H,2-4,7,12,14,17H2,1H3,(H,33,41)(H,34,37,40). The number of aromatic nitrogens is 6. The minimum Gasteiger partial charge on any atom is -0.406 e. The fourth-order valence-electron chi connectivity index (χ4n) is 3.96. The van der Waals surface area contributed by atoms with Crippen molar-refractivity contribution in [3.63, 3.8) is 0 Å². The van der Waals surface area contributed by atoms with Gasteiger partial charge in [-0.1, -0.05) is 24.3 Å². The molecule has 2 N–H and O–H groups in total. The molecule has 1 aromatic carbocycles. The van der Waals surface area contributed by atoms with E-state index in [9.17, 15) is 22.8 Å². The van der Waals surface area contributed by atoms with Crippen LogP contribution < -0.4 is 15.4 Å². The number of nitrogens with one attached hydrogen (secondary N) is 2. The first kappa shape index (κ1) is 30.1. The van der Waals surface area contributed by atoms with Crippen molar-refractivity contribution in [1.82, 2.24) is 35.5 Å². The van der Waals surface area contributed by atoms with Gasteiger partial charge >= 0.3 is 6.36 Å². The monoisotopic (exact) mass is 582 g/mol. The van der Waals surface area contributed by atoms with Gasteiger partial charge < -0.3 is 15.4 Å². The highest BCUT2D eigenvalue weighted by Gasteiger charge is 2.31. The first-order valence-electron chi connectivity index (χ1n) is 13.3. The molecular weight excluding hydrogens is 553 g/mol. The average Bonchev–Trinajstić information content (AvgIpc) is 3.43. The molecule has 0 fully saturated rings. The van der Waals surface area contributed by atoms with Crippen LogP contribution >= 0.6 is 0 Å². The van der Waals surface area contributed by atoms with Gasteiger partial charge in [-0.05, 0) is 73.2 Å². The predicted octanol–water partition coefficient (Wildman–Crippen LogP) is 4.37. The number of carbonyl (C=O) groups excluding carboxylic acids is 2. The Balaban J connectivity index is 1.23. The topological polar surface area (TPSA) is 137 Å². The number of anilines is 1. The predicted molar refractivity (Wildman–Crippen MR) is 146 cm³/mol. The molecule has 0 aliphatic rings. The number of hydrogen-bond acceptors (Lipinski definition) is 8. The molecule has 0 aliphatic heterocycles. The zero-order chi connectivity index (χ0) is 30.0. The van der Waals surface area contributed by atoms with E-state index in [4.69, 9.17) is 0 Å². The fourth-order valence-corrected chi connectivity index (χ4v) is 3.96. The van der Waals surface area contributed by atoms with Crippen LogP contribution in [0.1, 0.15) is 48.1 Å². The summed E-state index contributed by atoms with van der Waals surface area (Å²) in [5.41, 5.74) is 2.56. The van der Waals surface area contributed by atoms with Crippen LogP contribution in [0.2, 0.25) is 0 Å². The molecule has 0 unspecified atom stereocenters.